The highest BCUT2D eigenvalue weighted by molar-refractivity contribution is 7.80. The molecule has 0 aliphatic carbocycles. The Hall–Kier alpha value is -0.230. The van der Waals surface area contributed by atoms with Crippen molar-refractivity contribution in [1.82, 2.24) is 4.90 Å². The molecule has 0 radical (unpaired) electrons. The lowest BCUT2D eigenvalue weighted by Crippen LogP contribution is -2.52. The Balaban J connectivity index is 2.03. The van der Waals surface area contributed by atoms with Crippen LogP contribution in [-0.4, -0.2) is 53.9 Å². The van der Waals surface area contributed by atoms with Gasteiger partial charge < -0.3 is 15.2 Å². The highest BCUT2D eigenvalue weighted by Crippen LogP contribution is 2.35. The van der Waals surface area contributed by atoms with E-state index < -0.39 is 0 Å². The zero-order valence-corrected chi connectivity index (χ0v) is 12.2. The van der Waals surface area contributed by atoms with Gasteiger partial charge in [-0.25, -0.2) is 0 Å². The minimum Gasteiger partial charge on any atom is -0.392 e. The van der Waals surface area contributed by atoms with E-state index in [0.29, 0.717) is 23.6 Å². The molecule has 2 N–H and O–H groups in total. The topological polar surface area (TPSA) is 47.7 Å². The van der Waals surface area contributed by atoms with E-state index in [9.17, 15) is 0 Å². The second-order valence-electron chi connectivity index (χ2n) is 5.71. The molecule has 2 rings (SSSR count). The zero-order chi connectivity index (χ0) is 13.2. The first-order valence-electron chi connectivity index (χ1n) is 6.78. The first-order chi connectivity index (χ1) is 8.52. The maximum absolute atomic E-state index is 5.98. The van der Waals surface area contributed by atoms with Crippen LogP contribution in [0.25, 0.3) is 0 Å². The molecule has 0 aromatic rings. The van der Waals surface area contributed by atoms with Crippen molar-refractivity contribution >= 4 is 17.2 Å². The number of hydrogen-bond acceptors (Lipinski definition) is 4. The minimum atomic E-state index is -0.0493. The van der Waals surface area contributed by atoms with Crippen molar-refractivity contribution in [2.24, 2.45) is 5.73 Å². The van der Waals surface area contributed by atoms with Crippen LogP contribution in [0.15, 0.2) is 0 Å². The van der Waals surface area contributed by atoms with E-state index in [1.54, 1.807) is 0 Å². The molecule has 0 aromatic heterocycles. The van der Waals surface area contributed by atoms with Crippen molar-refractivity contribution in [2.45, 2.75) is 50.8 Å². The van der Waals surface area contributed by atoms with Crippen LogP contribution in [0.1, 0.15) is 33.1 Å². The average Bonchev–Trinajstić information content (AvgIpc) is 2.73. The second kappa shape index (κ2) is 5.82. The van der Waals surface area contributed by atoms with Crippen molar-refractivity contribution in [3.63, 3.8) is 0 Å². The largest absolute Gasteiger partial charge is 0.392 e. The molecule has 18 heavy (non-hydrogen) atoms. The van der Waals surface area contributed by atoms with E-state index in [1.165, 1.54) is 0 Å². The van der Waals surface area contributed by atoms with Gasteiger partial charge in [-0.05, 0) is 26.7 Å². The SMILES string of the molecule is CC(C)N(CC(N)=S)C1CCOC2(CCOC2)C1. The second-order valence-corrected chi connectivity index (χ2v) is 6.24. The minimum absolute atomic E-state index is 0.0493. The van der Waals surface area contributed by atoms with E-state index in [-0.39, 0.29) is 5.60 Å². The zero-order valence-electron chi connectivity index (χ0n) is 11.4. The molecular weight excluding hydrogens is 248 g/mol. The van der Waals surface area contributed by atoms with E-state index in [4.69, 9.17) is 27.4 Å². The van der Waals surface area contributed by atoms with E-state index >= 15 is 0 Å². The van der Waals surface area contributed by atoms with Crippen LogP contribution in [0.4, 0.5) is 0 Å². The maximum Gasteiger partial charge on any atom is 0.0951 e. The van der Waals surface area contributed by atoms with E-state index in [1.807, 2.05) is 0 Å². The first kappa shape index (κ1) is 14.2. The molecule has 0 bridgehead atoms. The fraction of sp³-hybridized carbons (Fsp3) is 0.923. The molecule has 2 saturated heterocycles. The van der Waals surface area contributed by atoms with Gasteiger partial charge in [-0.15, -0.1) is 0 Å². The van der Waals surface area contributed by atoms with Crippen LogP contribution in [-0.2, 0) is 9.47 Å². The van der Waals surface area contributed by atoms with Crippen LogP contribution in [0.3, 0.4) is 0 Å². The highest BCUT2D eigenvalue weighted by Gasteiger charge is 2.42. The summed E-state index contributed by atoms with van der Waals surface area (Å²) in [4.78, 5) is 2.98. The number of thiocarbonyl (C=S) groups is 1. The molecule has 2 fully saturated rings. The number of nitrogens with zero attached hydrogens (tertiary/aromatic N) is 1. The quantitative estimate of drug-likeness (QED) is 0.782. The van der Waals surface area contributed by atoms with E-state index in [0.717, 1.165) is 39.1 Å². The molecule has 4 nitrogen and oxygen atoms in total. The summed E-state index contributed by atoms with van der Waals surface area (Å²) in [5, 5.41) is 0. The third-order valence-electron chi connectivity index (χ3n) is 4.00. The smallest absolute Gasteiger partial charge is 0.0951 e. The summed E-state index contributed by atoms with van der Waals surface area (Å²) in [5.41, 5.74) is 5.67. The van der Waals surface area contributed by atoms with Crippen molar-refractivity contribution < 1.29 is 9.47 Å². The Morgan fingerprint density at radius 2 is 2.28 bits per heavy atom. The number of ether oxygens (including phenoxy) is 2. The molecular formula is C13H24N2O2S. The summed E-state index contributed by atoms with van der Waals surface area (Å²) in [5.74, 6) is 0. The van der Waals surface area contributed by atoms with Gasteiger partial charge in [0.15, 0.2) is 0 Å². The molecule has 5 heteroatoms. The molecule has 0 saturated carbocycles. The van der Waals surface area contributed by atoms with Gasteiger partial charge in [0.2, 0.25) is 0 Å². The van der Waals surface area contributed by atoms with Gasteiger partial charge in [-0.1, -0.05) is 12.2 Å². The fourth-order valence-corrected chi connectivity index (χ4v) is 3.21. The van der Waals surface area contributed by atoms with Crippen LogP contribution in [0.2, 0.25) is 0 Å². The van der Waals surface area contributed by atoms with Gasteiger partial charge in [0.25, 0.3) is 0 Å². The molecule has 104 valence electrons. The van der Waals surface area contributed by atoms with Crippen LogP contribution in [0.5, 0.6) is 0 Å². The van der Waals surface area contributed by atoms with Gasteiger partial charge in [0, 0.05) is 38.3 Å². The normalized spacial score (nSPS) is 32.6. The predicted octanol–water partition coefficient (Wildman–Crippen LogP) is 1.32. The van der Waals surface area contributed by atoms with E-state index in [2.05, 4.69) is 18.7 Å². The Labute approximate surface area is 115 Å². The third kappa shape index (κ3) is 3.20. The molecule has 0 aromatic carbocycles. The van der Waals surface area contributed by atoms with Gasteiger partial charge in [-0.3, -0.25) is 4.90 Å². The Kier molecular flexibility index (Phi) is 4.59. The number of hydrogen-bond donors (Lipinski definition) is 1. The summed E-state index contributed by atoms with van der Waals surface area (Å²) < 4.78 is 11.5. The Morgan fingerprint density at radius 1 is 1.50 bits per heavy atom. The highest BCUT2D eigenvalue weighted by atomic mass is 32.1. The summed E-state index contributed by atoms with van der Waals surface area (Å²) in [7, 11) is 0. The summed E-state index contributed by atoms with van der Waals surface area (Å²) in [6.07, 6.45) is 3.11. The monoisotopic (exact) mass is 272 g/mol. The van der Waals surface area contributed by atoms with Crippen LogP contribution < -0.4 is 5.73 Å². The van der Waals surface area contributed by atoms with Crippen molar-refractivity contribution in [1.29, 1.82) is 0 Å². The molecule has 2 unspecified atom stereocenters. The molecule has 2 aliphatic heterocycles. The van der Waals surface area contributed by atoms with Crippen LogP contribution in [0, 0.1) is 0 Å². The van der Waals surface area contributed by atoms with Gasteiger partial charge >= 0.3 is 0 Å². The predicted molar refractivity (Wildman–Crippen MR) is 75.8 cm³/mol. The van der Waals surface area contributed by atoms with Crippen molar-refractivity contribution in [3.05, 3.63) is 0 Å². The number of rotatable bonds is 4. The van der Waals surface area contributed by atoms with Crippen molar-refractivity contribution in [2.75, 3.05) is 26.4 Å². The lowest BCUT2D eigenvalue weighted by Gasteiger charge is -2.43. The average molecular weight is 272 g/mol. The van der Waals surface area contributed by atoms with Gasteiger partial charge in [-0.2, -0.15) is 0 Å². The lowest BCUT2D eigenvalue weighted by molar-refractivity contribution is -0.107. The Bertz CT molecular complexity index is 303. The van der Waals surface area contributed by atoms with Gasteiger partial charge in [0.05, 0.1) is 17.2 Å². The number of nitrogens with two attached hydrogens (primary N) is 1. The molecule has 2 heterocycles. The fourth-order valence-electron chi connectivity index (χ4n) is 3.06. The molecule has 2 atom stereocenters. The first-order valence-corrected chi connectivity index (χ1v) is 7.19. The summed E-state index contributed by atoms with van der Waals surface area (Å²) >= 11 is 5.07. The van der Waals surface area contributed by atoms with Crippen molar-refractivity contribution in [3.8, 4) is 0 Å². The molecule has 0 amide bonds. The van der Waals surface area contributed by atoms with Gasteiger partial charge in [0.1, 0.15) is 0 Å². The standard InChI is InChI=1S/C13H24N2O2S/c1-10(2)15(8-12(14)18)11-3-5-17-13(7-11)4-6-16-9-13/h10-11H,3-9H2,1-2H3,(H2,14,18). The Morgan fingerprint density at radius 3 is 2.83 bits per heavy atom. The molecule has 1 spiro atoms. The van der Waals surface area contributed by atoms with Crippen LogP contribution >= 0.6 is 12.2 Å². The maximum atomic E-state index is 5.98. The molecule has 2 aliphatic rings. The summed E-state index contributed by atoms with van der Waals surface area (Å²) in [6.45, 7) is 7.48. The summed E-state index contributed by atoms with van der Waals surface area (Å²) in [6, 6.07) is 0.955. The third-order valence-corrected chi connectivity index (χ3v) is 4.13. The lowest BCUT2D eigenvalue weighted by atomic mass is 9.88.